The molecule has 4 nitrogen and oxygen atoms in total. The number of fused-ring (bicyclic) bond motifs is 5. The van der Waals surface area contributed by atoms with Crippen LogP contribution in [0.1, 0.15) is 63.5 Å². The predicted octanol–water partition coefficient (Wildman–Crippen LogP) is 5.87. The first kappa shape index (κ1) is 25.3. The third-order valence-corrected chi connectivity index (χ3v) is 10.2. The van der Waals surface area contributed by atoms with Gasteiger partial charge in [-0.3, -0.25) is 9.59 Å². The fourth-order valence-electron chi connectivity index (χ4n) is 8.52. The smallest absolute Gasteiger partial charge is 0.352 e. The molecule has 1 heterocycles. The first-order chi connectivity index (χ1) is 16.9. The highest BCUT2D eigenvalue weighted by Crippen LogP contribution is 2.65. The van der Waals surface area contributed by atoms with Crippen molar-refractivity contribution in [1.82, 2.24) is 10.2 Å². The molecule has 1 aromatic carbocycles. The standard InChI is InChI=1S/C28H34F4N2O2/c1-26-13-12-20-17(8-11-23-27(20,2)14-22(29)25(36)34(23)3)19(26)9-10-21(26)24(35)33-15-16-6-4-5-7-18(16)28(30,31)32/h4-7,14,17,19-21,23H,8-13,15H2,1-3H3,(H,33,35)/t17-,19-,20+,21?,23?,26-,27+/m0/s1. The minimum atomic E-state index is -4.47. The van der Waals surface area contributed by atoms with Crippen molar-refractivity contribution in [3.63, 3.8) is 0 Å². The van der Waals surface area contributed by atoms with Crippen molar-refractivity contribution >= 4 is 11.8 Å². The molecule has 1 aliphatic heterocycles. The Morgan fingerprint density at radius 1 is 1.08 bits per heavy atom. The summed E-state index contributed by atoms with van der Waals surface area (Å²) in [7, 11) is 1.69. The summed E-state index contributed by atoms with van der Waals surface area (Å²) in [6, 6.07) is 5.33. The number of rotatable bonds is 3. The average Bonchev–Trinajstić information content (AvgIpc) is 3.18. The van der Waals surface area contributed by atoms with E-state index in [9.17, 15) is 27.2 Å². The van der Waals surface area contributed by atoms with E-state index in [1.807, 2.05) is 0 Å². The van der Waals surface area contributed by atoms with E-state index in [2.05, 4.69) is 19.2 Å². The highest BCUT2D eigenvalue weighted by atomic mass is 19.4. The SMILES string of the molecule is CN1C(=O)C(F)=C[C@@]2(C)C1CC[C@@H]1[C@H]2CC[C@]2(C)C(C(=O)NCc3ccccc3C(F)(F)F)CC[C@@H]12. The molecule has 3 aliphatic carbocycles. The molecule has 0 aromatic heterocycles. The molecule has 2 unspecified atom stereocenters. The zero-order valence-corrected chi connectivity index (χ0v) is 21.0. The zero-order valence-electron chi connectivity index (χ0n) is 21.0. The number of carbonyl (C=O) groups is 2. The third-order valence-electron chi connectivity index (χ3n) is 10.2. The molecule has 8 heteroatoms. The van der Waals surface area contributed by atoms with Crippen LogP contribution in [0.4, 0.5) is 17.6 Å². The van der Waals surface area contributed by atoms with Gasteiger partial charge in [-0.1, -0.05) is 32.0 Å². The molecule has 4 aliphatic rings. The minimum Gasteiger partial charge on any atom is -0.352 e. The first-order valence-electron chi connectivity index (χ1n) is 13.0. The maximum atomic E-state index is 14.6. The molecule has 3 fully saturated rings. The molecule has 5 rings (SSSR count). The average molecular weight is 507 g/mol. The molecule has 0 radical (unpaired) electrons. The van der Waals surface area contributed by atoms with Gasteiger partial charge < -0.3 is 10.2 Å². The van der Waals surface area contributed by atoms with Gasteiger partial charge in [0.2, 0.25) is 5.91 Å². The second-order valence-electron chi connectivity index (χ2n) is 11.8. The van der Waals surface area contributed by atoms with Crippen LogP contribution in [-0.4, -0.2) is 29.8 Å². The lowest BCUT2D eigenvalue weighted by atomic mass is 9.47. The predicted molar refractivity (Wildman–Crippen MR) is 127 cm³/mol. The molecular weight excluding hydrogens is 472 g/mol. The van der Waals surface area contributed by atoms with Crippen LogP contribution < -0.4 is 5.32 Å². The first-order valence-corrected chi connectivity index (χ1v) is 13.0. The maximum Gasteiger partial charge on any atom is 0.416 e. The highest BCUT2D eigenvalue weighted by molar-refractivity contribution is 5.92. The van der Waals surface area contributed by atoms with Gasteiger partial charge in [0.25, 0.3) is 5.91 Å². The van der Waals surface area contributed by atoms with Crippen LogP contribution in [0.25, 0.3) is 0 Å². The van der Waals surface area contributed by atoms with Gasteiger partial charge in [-0.15, -0.1) is 0 Å². The van der Waals surface area contributed by atoms with Crippen LogP contribution in [-0.2, 0) is 22.3 Å². The van der Waals surface area contributed by atoms with E-state index in [0.29, 0.717) is 18.3 Å². The number of nitrogens with zero attached hydrogens (tertiary/aromatic N) is 1. The number of hydrogen-bond donors (Lipinski definition) is 1. The summed E-state index contributed by atoms with van der Waals surface area (Å²) in [5.41, 5.74) is -1.32. The number of halogens is 4. The number of hydrogen-bond acceptors (Lipinski definition) is 2. The molecule has 36 heavy (non-hydrogen) atoms. The van der Waals surface area contributed by atoms with Gasteiger partial charge in [0.15, 0.2) is 5.83 Å². The highest BCUT2D eigenvalue weighted by Gasteiger charge is 2.62. The Hall–Kier alpha value is -2.38. The van der Waals surface area contributed by atoms with E-state index >= 15 is 0 Å². The monoisotopic (exact) mass is 506 g/mol. The largest absolute Gasteiger partial charge is 0.416 e. The summed E-state index contributed by atoms with van der Waals surface area (Å²) < 4.78 is 54.7. The second-order valence-corrected chi connectivity index (χ2v) is 11.8. The molecule has 0 spiro atoms. The fraction of sp³-hybridized carbons (Fsp3) is 0.643. The summed E-state index contributed by atoms with van der Waals surface area (Å²) in [6.07, 6.45) is 2.09. The quantitative estimate of drug-likeness (QED) is 0.521. The van der Waals surface area contributed by atoms with Crippen molar-refractivity contribution in [2.75, 3.05) is 7.05 Å². The molecule has 1 aromatic rings. The number of nitrogens with one attached hydrogen (secondary N) is 1. The number of amides is 2. The Bertz CT molecular complexity index is 1100. The number of carbonyl (C=O) groups excluding carboxylic acids is 2. The third kappa shape index (κ3) is 3.77. The van der Waals surface area contributed by atoms with Gasteiger partial charge in [0.1, 0.15) is 0 Å². The number of alkyl halides is 3. The van der Waals surface area contributed by atoms with E-state index in [1.54, 1.807) is 24.1 Å². The topological polar surface area (TPSA) is 49.4 Å². The van der Waals surface area contributed by atoms with E-state index in [-0.39, 0.29) is 41.3 Å². The van der Waals surface area contributed by atoms with Gasteiger partial charge in [0.05, 0.1) is 5.56 Å². The Morgan fingerprint density at radius 3 is 2.53 bits per heavy atom. The van der Waals surface area contributed by atoms with Crippen molar-refractivity contribution in [3.8, 4) is 0 Å². The molecule has 2 amide bonds. The Labute approximate surface area is 209 Å². The summed E-state index contributed by atoms with van der Waals surface area (Å²) in [6.45, 7) is 4.09. The summed E-state index contributed by atoms with van der Waals surface area (Å²) in [5, 5.41) is 2.81. The number of benzene rings is 1. The van der Waals surface area contributed by atoms with Crippen molar-refractivity contribution in [2.45, 2.75) is 71.1 Å². The lowest BCUT2D eigenvalue weighted by Gasteiger charge is -2.60. The van der Waals surface area contributed by atoms with Crippen molar-refractivity contribution < 1.29 is 27.2 Å². The van der Waals surface area contributed by atoms with Gasteiger partial charge in [-0.2, -0.15) is 13.2 Å². The van der Waals surface area contributed by atoms with E-state index in [4.69, 9.17) is 0 Å². The van der Waals surface area contributed by atoms with Crippen molar-refractivity contribution in [1.29, 1.82) is 0 Å². The van der Waals surface area contributed by atoms with Crippen LogP contribution in [0.3, 0.4) is 0 Å². The van der Waals surface area contributed by atoms with Crippen LogP contribution in [0, 0.1) is 34.5 Å². The van der Waals surface area contributed by atoms with Crippen LogP contribution in [0.2, 0.25) is 0 Å². The Kier molecular flexibility index (Phi) is 6.03. The fourth-order valence-corrected chi connectivity index (χ4v) is 8.52. The Balaban J connectivity index is 1.33. The minimum absolute atomic E-state index is 0.0238. The number of likely N-dealkylation sites (N-methyl/N-ethyl adjacent to an activating group) is 1. The lowest BCUT2D eigenvalue weighted by Crippen LogP contribution is -2.60. The zero-order chi connectivity index (χ0) is 26.0. The molecular formula is C28H34F4N2O2. The molecule has 196 valence electrons. The van der Waals surface area contributed by atoms with Crippen molar-refractivity contribution in [3.05, 3.63) is 47.3 Å². The van der Waals surface area contributed by atoms with E-state index < -0.39 is 28.9 Å². The molecule has 1 N–H and O–H groups in total. The molecule has 0 bridgehead atoms. The molecule has 7 atom stereocenters. The normalized spacial score (nSPS) is 38.1. The van der Waals surface area contributed by atoms with Gasteiger partial charge in [0, 0.05) is 31.0 Å². The van der Waals surface area contributed by atoms with Crippen LogP contribution in [0.5, 0.6) is 0 Å². The van der Waals surface area contributed by atoms with Gasteiger partial charge >= 0.3 is 6.18 Å². The van der Waals surface area contributed by atoms with E-state index in [0.717, 1.165) is 38.2 Å². The lowest BCUT2D eigenvalue weighted by molar-refractivity contribution is -0.145. The van der Waals surface area contributed by atoms with Crippen LogP contribution in [0.15, 0.2) is 36.2 Å². The van der Waals surface area contributed by atoms with Crippen molar-refractivity contribution in [2.24, 2.45) is 34.5 Å². The maximum absolute atomic E-state index is 14.6. The van der Waals surface area contributed by atoms with Gasteiger partial charge in [-0.05, 0) is 79.4 Å². The molecule has 0 saturated heterocycles. The van der Waals surface area contributed by atoms with Crippen LogP contribution >= 0.6 is 0 Å². The Morgan fingerprint density at radius 2 is 1.81 bits per heavy atom. The molecule has 3 saturated carbocycles. The summed E-state index contributed by atoms with van der Waals surface area (Å²) >= 11 is 0. The summed E-state index contributed by atoms with van der Waals surface area (Å²) in [4.78, 5) is 27.1. The summed E-state index contributed by atoms with van der Waals surface area (Å²) in [5.74, 6) is -0.782. The van der Waals surface area contributed by atoms with E-state index in [1.165, 1.54) is 12.1 Å². The second kappa shape index (κ2) is 8.59. The van der Waals surface area contributed by atoms with Gasteiger partial charge in [-0.25, -0.2) is 4.39 Å².